The fourth-order valence-corrected chi connectivity index (χ4v) is 3.59. The first-order chi connectivity index (χ1) is 12.4. The minimum Gasteiger partial charge on any atom is -0.377 e. The van der Waals surface area contributed by atoms with Crippen LogP contribution in [0, 0.1) is 13.8 Å². The summed E-state index contributed by atoms with van der Waals surface area (Å²) in [4.78, 5) is 19.4. The molecule has 2 aromatic heterocycles. The Morgan fingerprint density at radius 3 is 2.85 bits per heavy atom. The molecule has 1 saturated heterocycles. The van der Waals surface area contributed by atoms with Crippen molar-refractivity contribution >= 4 is 5.91 Å². The van der Waals surface area contributed by atoms with Crippen molar-refractivity contribution in [3.63, 3.8) is 0 Å². The van der Waals surface area contributed by atoms with Crippen molar-refractivity contribution in [2.24, 2.45) is 0 Å². The molecule has 0 saturated carbocycles. The summed E-state index contributed by atoms with van der Waals surface area (Å²) in [7, 11) is 1.56. The van der Waals surface area contributed by atoms with Crippen LogP contribution in [-0.2, 0) is 16.1 Å². The molecular formula is C18H26N4O4. The number of aryl methyl sites for hydroxylation is 1. The van der Waals surface area contributed by atoms with Crippen LogP contribution in [0.25, 0.3) is 0 Å². The van der Waals surface area contributed by atoms with Crippen LogP contribution >= 0.6 is 0 Å². The van der Waals surface area contributed by atoms with Crippen LogP contribution in [0.5, 0.6) is 0 Å². The lowest BCUT2D eigenvalue weighted by Crippen LogP contribution is -2.44. The monoisotopic (exact) mass is 362 g/mol. The minimum atomic E-state index is -0.368. The molecule has 3 rings (SSSR count). The number of nitrogens with zero attached hydrogens (tertiary/aromatic N) is 4. The lowest BCUT2D eigenvalue weighted by Gasteiger charge is -2.33. The molecule has 1 fully saturated rings. The number of hydrogen-bond donors (Lipinski definition) is 0. The van der Waals surface area contributed by atoms with Gasteiger partial charge in [-0.2, -0.15) is 4.98 Å². The maximum absolute atomic E-state index is 13.3. The molecule has 1 atom stereocenters. The maximum Gasteiger partial charge on any atom is 0.256 e. The summed E-state index contributed by atoms with van der Waals surface area (Å²) < 4.78 is 17.9. The van der Waals surface area contributed by atoms with Crippen LogP contribution in [0.2, 0.25) is 0 Å². The average molecular weight is 362 g/mol. The number of amides is 1. The molecule has 0 bridgehead atoms. The molecule has 0 N–H and O–H groups in total. The zero-order valence-electron chi connectivity index (χ0n) is 16.0. The van der Waals surface area contributed by atoms with E-state index in [1.807, 2.05) is 19.9 Å². The summed E-state index contributed by atoms with van der Waals surface area (Å²) in [5.74, 6) is 0.803. The highest BCUT2D eigenvalue weighted by molar-refractivity contribution is 5.96. The Balaban J connectivity index is 1.90. The first-order valence-corrected chi connectivity index (χ1v) is 8.82. The molecule has 142 valence electrons. The van der Waals surface area contributed by atoms with Crippen molar-refractivity contribution < 1.29 is 18.8 Å². The van der Waals surface area contributed by atoms with E-state index in [0.29, 0.717) is 43.1 Å². The molecule has 1 aliphatic heterocycles. The van der Waals surface area contributed by atoms with Gasteiger partial charge in [0.2, 0.25) is 0 Å². The fourth-order valence-electron chi connectivity index (χ4n) is 3.59. The number of aromatic nitrogens is 3. The van der Waals surface area contributed by atoms with E-state index in [4.69, 9.17) is 14.0 Å². The number of morpholine rings is 1. The third kappa shape index (κ3) is 3.39. The molecular weight excluding hydrogens is 336 g/mol. The normalized spacial score (nSPS) is 17.9. The van der Waals surface area contributed by atoms with Gasteiger partial charge in [0.1, 0.15) is 12.6 Å². The van der Waals surface area contributed by atoms with Crippen molar-refractivity contribution in [1.29, 1.82) is 0 Å². The summed E-state index contributed by atoms with van der Waals surface area (Å²) in [6.07, 6.45) is 0. The zero-order valence-corrected chi connectivity index (χ0v) is 16.0. The molecule has 2 aromatic rings. The molecule has 0 aliphatic carbocycles. The molecule has 1 amide bonds. The van der Waals surface area contributed by atoms with Gasteiger partial charge in [-0.25, -0.2) is 0 Å². The summed E-state index contributed by atoms with van der Waals surface area (Å²) in [5.41, 5.74) is 2.76. The summed E-state index contributed by atoms with van der Waals surface area (Å²) in [5, 5.41) is 4.01. The largest absolute Gasteiger partial charge is 0.377 e. The number of methoxy groups -OCH3 is 1. The Kier molecular flexibility index (Phi) is 5.43. The van der Waals surface area contributed by atoms with E-state index in [9.17, 15) is 4.79 Å². The molecule has 0 radical (unpaired) electrons. The van der Waals surface area contributed by atoms with Crippen LogP contribution in [0.15, 0.2) is 10.6 Å². The van der Waals surface area contributed by atoms with Crippen LogP contribution in [0.3, 0.4) is 0 Å². The summed E-state index contributed by atoms with van der Waals surface area (Å²) in [6.45, 7) is 9.81. The predicted molar refractivity (Wildman–Crippen MR) is 93.9 cm³/mol. The van der Waals surface area contributed by atoms with Gasteiger partial charge in [0, 0.05) is 31.1 Å². The van der Waals surface area contributed by atoms with E-state index < -0.39 is 0 Å². The van der Waals surface area contributed by atoms with Gasteiger partial charge in [-0.15, -0.1) is 0 Å². The zero-order chi connectivity index (χ0) is 18.8. The molecule has 0 spiro atoms. The van der Waals surface area contributed by atoms with Gasteiger partial charge >= 0.3 is 0 Å². The number of ether oxygens (including phenoxy) is 2. The van der Waals surface area contributed by atoms with Crippen molar-refractivity contribution in [1.82, 2.24) is 19.6 Å². The molecule has 3 heterocycles. The number of hydrogen-bond acceptors (Lipinski definition) is 6. The molecule has 1 aliphatic rings. The van der Waals surface area contributed by atoms with Crippen molar-refractivity contribution in [3.05, 3.63) is 34.7 Å². The Bertz CT molecular complexity index is 780. The SMILES string of the molecule is COCc1nc([C@H]2COCCN2C(=O)c2cc(C)n(C(C)C)c2C)no1. The van der Waals surface area contributed by atoms with Gasteiger partial charge in [0.05, 0.1) is 18.8 Å². The summed E-state index contributed by atoms with van der Waals surface area (Å²) >= 11 is 0. The van der Waals surface area contributed by atoms with E-state index >= 15 is 0 Å². The number of carbonyl (C=O) groups excluding carboxylic acids is 1. The fraction of sp³-hybridized carbons (Fsp3) is 0.611. The molecule has 0 aromatic carbocycles. The highest BCUT2D eigenvalue weighted by Crippen LogP contribution is 2.27. The smallest absolute Gasteiger partial charge is 0.256 e. The van der Waals surface area contributed by atoms with Gasteiger partial charge < -0.3 is 23.5 Å². The third-order valence-corrected chi connectivity index (χ3v) is 4.67. The van der Waals surface area contributed by atoms with Crippen LogP contribution in [0.1, 0.15) is 59.4 Å². The topological polar surface area (TPSA) is 82.6 Å². The summed E-state index contributed by atoms with van der Waals surface area (Å²) in [6, 6.07) is 1.88. The van der Waals surface area contributed by atoms with Gasteiger partial charge in [0.15, 0.2) is 5.82 Å². The third-order valence-electron chi connectivity index (χ3n) is 4.67. The van der Waals surface area contributed by atoms with Crippen LogP contribution in [-0.4, -0.2) is 52.4 Å². The molecule has 8 nitrogen and oxygen atoms in total. The molecule has 26 heavy (non-hydrogen) atoms. The van der Waals surface area contributed by atoms with Gasteiger partial charge in [-0.05, 0) is 33.8 Å². The second-order valence-electron chi connectivity index (χ2n) is 6.82. The lowest BCUT2D eigenvalue weighted by atomic mass is 10.1. The van der Waals surface area contributed by atoms with Crippen molar-refractivity contribution in [2.45, 2.75) is 46.4 Å². The first-order valence-electron chi connectivity index (χ1n) is 8.82. The standard InChI is InChI=1S/C18H26N4O4/c1-11(2)22-12(3)8-14(13(22)4)18(23)21-6-7-25-9-15(21)17-19-16(10-24-5)26-20-17/h8,11,15H,6-7,9-10H2,1-5H3/t15-/m1/s1. The van der Waals surface area contributed by atoms with E-state index in [1.54, 1.807) is 12.0 Å². The van der Waals surface area contributed by atoms with E-state index in [0.717, 1.165) is 11.4 Å². The quantitative estimate of drug-likeness (QED) is 0.812. The first kappa shape index (κ1) is 18.6. The minimum absolute atomic E-state index is 0.0311. The average Bonchev–Trinajstić information content (AvgIpc) is 3.19. The molecule has 8 heteroatoms. The van der Waals surface area contributed by atoms with Gasteiger partial charge in [-0.3, -0.25) is 4.79 Å². The number of rotatable bonds is 5. The van der Waals surface area contributed by atoms with E-state index in [2.05, 4.69) is 28.6 Å². The van der Waals surface area contributed by atoms with E-state index in [1.165, 1.54) is 0 Å². The maximum atomic E-state index is 13.3. The predicted octanol–water partition coefficient (Wildman–Crippen LogP) is 2.43. The Morgan fingerprint density at radius 1 is 1.42 bits per heavy atom. The number of carbonyl (C=O) groups is 1. The van der Waals surface area contributed by atoms with Gasteiger partial charge in [0.25, 0.3) is 11.8 Å². The van der Waals surface area contributed by atoms with Gasteiger partial charge in [-0.1, -0.05) is 5.16 Å². The highest BCUT2D eigenvalue weighted by Gasteiger charge is 2.34. The Morgan fingerprint density at radius 2 is 2.19 bits per heavy atom. The highest BCUT2D eigenvalue weighted by atomic mass is 16.5. The van der Waals surface area contributed by atoms with Crippen molar-refractivity contribution in [2.75, 3.05) is 26.9 Å². The Labute approximate surface area is 153 Å². The van der Waals surface area contributed by atoms with Crippen LogP contribution < -0.4 is 0 Å². The van der Waals surface area contributed by atoms with Crippen LogP contribution in [0.4, 0.5) is 0 Å². The Hall–Kier alpha value is -2.19. The van der Waals surface area contributed by atoms with E-state index in [-0.39, 0.29) is 18.6 Å². The van der Waals surface area contributed by atoms with Crippen molar-refractivity contribution in [3.8, 4) is 0 Å². The second-order valence-corrected chi connectivity index (χ2v) is 6.82. The lowest BCUT2D eigenvalue weighted by molar-refractivity contribution is -0.00581. The second kappa shape index (κ2) is 7.59. The molecule has 0 unspecified atom stereocenters.